The molecular formula is C22H20F2N6O2. The molecule has 0 atom stereocenters. The zero-order chi connectivity index (χ0) is 22.7. The number of aromatic nitrogens is 4. The lowest BCUT2D eigenvalue weighted by Crippen LogP contribution is -2.06. The normalized spacial score (nSPS) is 10.9. The zero-order valence-corrected chi connectivity index (χ0v) is 17.4. The first kappa shape index (κ1) is 21.2. The lowest BCUT2D eigenvalue weighted by molar-refractivity contribution is -0.114. The highest BCUT2D eigenvalue weighted by atomic mass is 19.1. The van der Waals surface area contributed by atoms with Gasteiger partial charge in [-0.2, -0.15) is 4.39 Å². The quantitative estimate of drug-likeness (QED) is 0.379. The third-order valence-electron chi connectivity index (χ3n) is 4.78. The molecule has 0 unspecified atom stereocenters. The van der Waals surface area contributed by atoms with E-state index in [4.69, 9.17) is 4.74 Å². The van der Waals surface area contributed by atoms with Gasteiger partial charge >= 0.3 is 0 Å². The predicted octanol–water partition coefficient (Wildman–Crippen LogP) is 3.80. The van der Waals surface area contributed by atoms with E-state index in [0.717, 1.165) is 10.9 Å². The number of hydrogen-bond acceptors (Lipinski definition) is 6. The minimum absolute atomic E-state index is 0.0843. The lowest BCUT2D eigenvalue weighted by Gasteiger charge is -2.09. The second kappa shape index (κ2) is 8.96. The molecule has 0 saturated heterocycles. The summed E-state index contributed by atoms with van der Waals surface area (Å²) in [6.07, 6.45) is 5.07. The van der Waals surface area contributed by atoms with Crippen LogP contribution in [0.3, 0.4) is 0 Å². The number of hydrogen-bond donors (Lipinski definition) is 3. The van der Waals surface area contributed by atoms with E-state index in [0.29, 0.717) is 28.3 Å². The molecule has 0 aliphatic rings. The Bertz CT molecular complexity index is 1290. The van der Waals surface area contributed by atoms with Gasteiger partial charge in [-0.15, -0.1) is 0 Å². The summed E-state index contributed by atoms with van der Waals surface area (Å²) < 4.78 is 33.2. The Balaban J connectivity index is 1.48. The molecule has 10 heteroatoms. The number of aromatic amines is 1. The Labute approximate surface area is 182 Å². The van der Waals surface area contributed by atoms with Crippen molar-refractivity contribution in [3.05, 3.63) is 71.3 Å². The first-order chi connectivity index (χ1) is 15.4. The molecule has 0 fully saturated rings. The van der Waals surface area contributed by atoms with Crippen molar-refractivity contribution in [1.82, 2.24) is 19.9 Å². The van der Waals surface area contributed by atoms with Crippen LogP contribution in [0.2, 0.25) is 0 Å². The topological polar surface area (TPSA) is 105 Å². The van der Waals surface area contributed by atoms with Gasteiger partial charge in [0.25, 0.3) is 0 Å². The molecule has 4 rings (SSSR count). The summed E-state index contributed by atoms with van der Waals surface area (Å²) in [7, 11) is 1.34. The van der Waals surface area contributed by atoms with E-state index in [1.165, 1.54) is 26.3 Å². The van der Waals surface area contributed by atoms with Gasteiger partial charge < -0.3 is 20.4 Å². The van der Waals surface area contributed by atoms with E-state index in [1.807, 2.05) is 0 Å². The fourth-order valence-electron chi connectivity index (χ4n) is 3.28. The number of ether oxygens (including phenoxy) is 1. The van der Waals surface area contributed by atoms with Gasteiger partial charge in [-0.1, -0.05) is 6.07 Å². The Hall–Kier alpha value is -4.08. The van der Waals surface area contributed by atoms with Crippen molar-refractivity contribution >= 4 is 28.4 Å². The molecule has 0 saturated carbocycles. The van der Waals surface area contributed by atoms with Gasteiger partial charge in [0.2, 0.25) is 17.7 Å². The molecule has 0 aromatic carbocycles. The summed E-state index contributed by atoms with van der Waals surface area (Å²) >= 11 is 0. The second-order valence-corrected chi connectivity index (χ2v) is 7.13. The Kier molecular flexibility index (Phi) is 5.93. The highest BCUT2D eigenvalue weighted by molar-refractivity contribution is 5.92. The minimum atomic E-state index is -0.616. The van der Waals surface area contributed by atoms with Gasteiger partial charge in [-0.3, -0.25) is 4.79 Å². The van der Waals surface area contributed by atoms with Gasteiger partial charge in [-0.25, -0.2) is 19.3 Å². The number of amides is 1. The van der Waals surface area contributed by atoms with Crippen molar-refractivity contribution in [2.75, 3.05) is 17.7 Å². The van der Waals surface area contributed by atoms with Crippen LogP contribution in [0, 0.1) is 11.8 Å². The van der Waals surface area contributed by atoms with Crippen LogP contribution in [0.25, 0.3) is 11.0 Å². The molecule has 0 bridgehead atoms. The fraction of sp³-hybridized carbons (Fsp3) is 0.182. The van der Waals surface area contributed by atoms with Crippen LogP contribution < -0.4 is 15.4 Å². The maximum Gasteiger partial charge on any atom is 0.250 e. The largest absolute Gasteiger partial charge is 0.479 e. The summed E-state index contributed by atoms with van der Waals surface area (Å²) in [5.74, 6) is -1.16. The van der Waals surface area contributed by atoms with Crippen molar-refractivity contribution in [3.63, 3.8) is 0 Å². The van der Waals surface area contributed by atoms with E-state index in [1.54, 1.807) is 30.6 Å². The number of pyridine rings is 3. The molecule has 0 radical (unpaired) electrons. The number of H-pyrrole nitrogens is 1. The minimum Gasteiger partial charge on any atom is -0.479 e. The smallest absolute Gasteiger partial charge is 0.250 e. The molecular weight excluding hydrogens is 418 g/mol. The Morgan fingerprint density at radius 2 is 2.00 bits per heavy atom. The number of rotatable bonds is 7. The van der Waals surface area contributed by atoms with Crippen molar-refractivity contribution in [3.8, 4) is 5.88 Å². The van der Waals surface area contributed by atoms with Crippen molar-refractivity contribution in [2.24, 2.45) is 0 Å². The van der Waals surface area contributed by atoms with Gasteiger partial charge in [0.1, 0.15) is 11.5 Å². The van der Waals surface area contributed by atoms with Crippen LogP contribution in [0.1, 0.15) is 23.6 Å². The summed E-state index contributed by atoms with van der Waals surface area (Å²) in [5.41, 5.74) is 2.99. The first-order valence-electron chi connectivity index (χ1n) is 9.74. The van der Waals surface area contributed by atoms with E-state index >= 15 is 0 Å². The van der Waals surface area contributed by atoms with Crippen LogP contribution in [-0.4, -0.2) is 33.0 Å². The highest BCUT2D eigenvalue weighted by Crippen LogP contribution is 2.24. The Morgan fingerprint density at radius 3 is 2.72 bits per heavy atom. The van der Waals surface area contributed by atoms with Gasteiger partial charge in [-0.05, 0) is 29.3 Å². The zero-order valence-electron chi connectivity index (χ0n) is 17.4. The molecule has 8 nitrogen and oxygen atoms in total. The molecule has 0 aliphatic heterocycles. The molecule has 4 aromatic rings. The van der Waals surface area contributed by atoms with Crippen LogP contribution >= 0.6 is 0 Å². The van der Waals surface area contributed by atoms with Crippen molar-refractivity contribution in [2.45, 2.75) is 19.9 Å². The van der Waals surface area contributed by atoms with Crippen LogP contribution in [0.4, 0.5) is 20.3 Å². The van der Waals surface area contributed by atoms with E-state index in [2.05, 4.69) is 30.6 Å². The number of anilines is 2. The first-order valence-corrected chi connectivity index (χ1v) is 9.74. The van der Waals surface area contributed by atoms with Gasteiger partial charge in [0.15, 0.2) is 5.82 Å². The Morgan fingerprint density at radius 1 is 1.16 bits per heavy atom. The summed E-state index contributed by atoms with van der Waals surface area (Å²) in [5, 5.41) is 6.43. The molecule has 32 heavy (non-hydrogen) atoms. The third-order valence-corrected chi connectivity index (χ3v) is 4.78. The molecule has 4 heterocycles. The summed E-state index contributed by atoms with van der Waals surface area (Å²) in [6.45, 7) is 1.64. The third kappa shape index (κ3) is 4.64. The average Bonchev–Trinajstić information content (AvgIpc) is 3.15. The number of halogens is 2. The molecule has 0 spiro atoms. The molecule has 1 amide bonds. The van der Waals surface area contributed by atoms with Gasteiger partial charge in [0, 0.05) is 43.2 Å². The predicted molar refractivity (Wildman–Crippen MR) is 115 cm³/mol. The number of carbonyl (C=O) groups is 1. The van der Waals surface area contributed by atoms with Crippen LogP contribution in [0.5, 0.6) is 5.88 Å². The standard InChI is InChI=1S/C22H20F2N6O2/c1-12(31)29-16-7-17-15(10-26-21(17)27-11-16)6-14-3-4-19(30-20(14)24)25-8-13-5-18(23)22(32-2)28-9-13/h3-5,7,9-11H,6,8H2,1-2H3,(H,25,30)(H,26,27)(H,29,31). The van der Waals surface area contributed by atoms with E-state index < -0.39 is 11.8 Å². The van der Waals surface area contributed by atoms with Crippen LogP contribution in [-0.2, 0) is 17.8 Å². The van der Waals surface area contributed by atoms with Crippen molar-refractivity contribution < 1.29 is 18.3 Å². The molecule has 0 aliphatic carbocycles. The van der Waals surface area contributed by atoms with Gasteiger partial charge in [0.05, 0.1) is 19.0 Å². The van der Waals surface area contributed by atoms with E-state index in [9.17, 15) is 13.6 Å². The summed E-state index contributed by atoms with van der Waals surface area (Å²) in [6, 6.07) is 6.38. The second-order valence-electron chi connectivity index (χ2n) is 7.13. The highest BCUT2D eigenvalue weighted by Gasteiger charge is 2.12. The lowest BCUT2D eigenvalue weighted by atomic mass is 10.1. The van der Waals surface area contributed by atoms with Crippen molar-refractivity contribution in [1.29, 1.82) is 0 Å². The number of nitrogens with zero attached hydrogens (tertiary/aromatic N) is 3. The SMILES string of the molecule is COc1ncc(CNc2ccc(Cc3c[nH]c4ncc(NC(C)=O)cc34)c(F)n2)cc1F. The fourth-order valence-corrected chi connectivity index (χ4v) is 3.28. The van der Waals surface area contributed by atoms with Crippen LogP contribution in [0.15, 0.2) is 42.9 Å². The molecule has 4 aromatic heterocycles. The maximum atomic E-state index is 14.7. The molecule has 3 N–H and O–H groups in total. The number of methoxy groups -OCH3 is 1. The number of nitrogens with one attached hydrogen (secondary N) is 3. The maximum absolute atomic E-state index is 14.7. The summed E-state index contributed by atoms with van der Waals surface area (Å²) in [4.78, 5) is 26.4. The van der Waals surface area contributed by atoms with E-state index in [-0.39, 0.29) is 24.8 Å². The number of carbonyl (C=O) groups excluding carboxylic acids is 1. The molecule has 164 valence electrons. The monoisotopic (exact) mass is 438 g/mol. The number of fused-ring (bicyclic) bond motifs is 1. The average molecular weight is 438 g/mol.